The summed E-state index contributed by atoms with van der Waals surface area (Å²) in [5, 5.41) is 4.06. The van der Waals surface area contributed by atoms with E-state index in [4.69, 9.17) is 11.6 Å². The molecule has 0 unspecified atom stereocenters. The first-order valence-electron chi connectivity index (χ1n) is 9.22. The third kappa shape index (κ3) is 4.92. The largest absolute Gasteiger partial charge is 0.312 e. The molecule has 3 rings (SSSR count). The Hall–Kier alpha value is -1.82. The number of nitrogens with one attached hydrogen (secondary N) is 1. The molecule has 0 aliphatic carbocycles. The van der Waals surface area contributed by atoms with Crippen molar-refractivity contribution in [3.05, 3.63) is 63.2 Å². The number of benzene rings is 1. The highest BCUT2D eigenvalue weighted by Gasteiger charge is 2.19. The van der Waals surface area contributed by atoms with Crippen LogP contribution in [0.2, 0.25) is 5.02 Å². The first-order valence-corrected chi connectivity index (χ1v) is 9.60. The molecule has 27 heavy (non-hydrogen) atoms. The minimum absolute atomic E-state index is 0.159. The number of Topliss-reactive ketones (excluding diaryl/α,β-unsaturated/α-hetero) is 1. The second-order valence-corrected chi connectivity index (χ2v) is 7.77. The molecule has 1 aromatic carbocycles. The molecule has 1 atom stereocenters. The topological polar surface area (TPSA) is 45.2 Å². The van der Waals surface area contributed by atoms with Crippen LogP contribution in [0.1, 0.15) is 39.7 Å². The smallest absolute Gasteiger partial charge is 0.168 e. The van der Waals surface area contributed by atoms with Gasteiger partial charge in [-0.2, -0.15) is 0 Å². The van der Waals surface area contributed by atoms with E-state index >= 15 is 0 Å². The molecule has 6 heteroatoms. The van der Waals surface area contributed by atoms with Gasteiger partial charge in [0.05, 0.1) is 5.69 Å². The molecule has 1 aliphatic rings. The summed E-state index contributed by atoms with van der Waals surface area (Å²) in [5.41, 5.74) is 3.66. The molecule has 4 nitrogen and oxygen atoms in total. The van der Waals surface area contributed by atoms with E-state index in [1.54, 1.807) is 6.92 Å². The summed E-state index contributed by atoms with van der Waals surface area (Å²) in [5.74, 6) is -0.620. The predicted molar refractivity (Wildman–Crippen MR) is 106 cm³/mol. The van der Waals surface area contributed by atoms with Gasteiger partial charge in [0.25, 0.3) is 0 Å². The van der Waals surface area contributed by atoms with Crippen LogP contribution in [-0.2, 0) is 13.0 Å². The summed E-state index contributed by atoms with van der Waals surface area (Å²) in [6, 6.07) is 5.53. The van der Waals surface area contributed by atoms with E-state index < -0.39 is 5.82 Å². The Kier molecular flexibility index (Phi) is 6.25. The number of piperazine rings is 1. The molecule has 1 saturated heterocycles. The fourth-order valence-corrected chi connectivity index (χ4v) is 3.74. The number of rotatable bonds is 5. The third-order valence-electron chi connectivity index (χ3n) is 5.13. The zero-order valence-electron chi connectivity index (χ0n) is 16.0. The van der Waals surface area contributed by atoms with Crippen LogP contribution < -0.4 is 5.32 Å². The van der Waals surface area contributed by atoms with Crippen molar-refractivity contribution in [2.24, 2.45) is 0 Å². The van der Waals surface area contributed by atoms with Crippen molar-refractivity contribution >= 4 is 17.4 Å². The van der Waals surface area contributed by atoms with Crippen LogP contribution in [0, 0.1) is 19.7 Å². The zero-order valence-corrected chi connectivity index (χ0v) is 16.7. The third-order valence-corrected chi connectivity index (χ3v) is 5.35. The highest BCUT2D eigenvalue weighted by atomic mass is 35.5. The van der Waals surface area contributed by atoms with E-state index in [0.717, 1.165) is 42.9 Å². The normalized spacial score (nSPS) is 17.9. The van der Waals surface area contributed by atoms with Gasteiger partial charge in [0, 0.05) is 55.4 Å². The number of nitrogens with zero attached hydrogens (tertiary/aromatic N) is 2. The van der Waals surface area contributed by atoms with Crippen molar-refractivity contribution < 1.29 is 9.18 Å². The number of carbonyl (C=O) groups excluding carboxylic acids is 1. The summed E-state index contributed by atoms with van der Waals surface area (Å²) in [4.78, 5) is 19.0. The van der Waals surface area contributed by atoms with Crippen LogP contribution in [0.25, 0.3) is 0 Å². The Balaban J connectivity index is 1.80. The summed E-state index contributed by atoms with van der Waals surface area (Å²) in [6.07, 6.45) is 1.62. The maximum atomic E-state index is 13.7. The SMILES string of the molecule is Cc1ncc(C(=O)Cc2cc(Cl)cc(CN3CCN[C@@H](C)C3)c2C)cc1F. The van der Waals surface area contributed by atoms with Crippen LogP contribution in [0.15, 0.2) is 24.4 Å². The van der Waals surface area contributed by atoms with E-state index in [0.29, 0.717) is 11.1 Å². The Bertz CT molecular complexity index is 856. The van der Waals surface area contributed by atoms with Crippen molar-refractivity contribution in [1.82, 2.24) is 15.2 Å². The van der Waals surface area contributed by atoms with Gasteiger partial charge < -0.3 is 5.32 Å². The fourth-order valence-electron chi connectivity index (χ4n) is 3.48. The van der Waals surface area contributed by atoms with Gasteiger partial charge in [-0.25, -0.2) is 4.39 Å². The average Bonchev–Trinajstić information content (AvgIpc) is 2.61. The standard InChI is InChI=1S/C21H25ClFN3O/c1-13-11-26(5-4-24-13)12-18-7-19(22)6-16(14(18)2)9-21(27)17-8-20(23)15(3)25-10-17/h6-8,10,13,24H,4-5,9,11-12H2,1-3H3/t13-/m0/s1. The van der Waals surface area contributed by atoms with Crippen LogP contribution in [0.4, 0.5) is 4.39 Å². The number of aryl methyl sites for hydroxylation is 1. The molecule has 0 saturated carbocycles. The summed E-state index contributed by atoms with van der Waals surface area (Å²) in [6.45, 7) is 9.52. The molecule has 0 amide bonds. The minimum atomic E-state index is -0.461. The second-order valence-electron chi connectivity index (χ2n) is 7.33. The summed E-state index contributed by atoms with van der Waals surface area (Å²) < 4.78 is 13.7. The van der Waals surface area contributed by atoms with Gasteiger partial charge in [-0.15, -0.1) is 0 Å². The van der Waals surface area contributed by atoms with Crippen molar-refractivity contribution in [3.8, 4) is 0 Å². The average molecular weight is 390 g/mol. The number of pyridine rings is 1. The Morgan fingerprint density at radius 3 is 2.78 bits per heavy atom. The lowest BCUT2D eigenvalue weighted by molar-refractivity contribution is 0.0992. The monoisotopic (exact) mass is 389 g/mol. The minimum Gasteiger partial charge on any atom is -0.312 e. The lowest BCUT2D eigenvalue weighted by Crippen LogP contribution is -2.48. The van der Waals surface area contributed by atoms with E-state index in [-0.39, 0.29) is 23.5 Å². The van der Waals surface area contributed by atoms with Crippen molar-refractivity contribution in [2.45, 2.75) is 39.8 Å². The number of halogens is 2. The maximum absolute atomic E-state index is 13.7. The van der Waals surface area contributed by atoms with E-state index in [1.165, 1.54) is 12.3 Å². The number of aromatic nitrogens is 1. The first kappa shape index (κ1) is 19.9. The van der Waals surface area contributed by atoms with Gasteiger partial charge in [0.2, 0.25) is 0 Å². The molecule has 1 aliphatic heterocycles. The summed E-state index contributed by atoms with van der Waals surface area (Å²) in [7, 11) is 0. The molecule has 1 aromatic heterocycles. The predicted octanol–water partition coefficient (Wildman–Crippen LogP) is 3.71. The van der Waals surface area contributed by atoms with Gasteiger partial charge >= 0.3 is 0 Å². The van der Waals surface area contributed by atoms with E-state index in [2.05, 4.69) is 22.1 Å². The molecule has 0 bridgehead atoms. The van der Waals surface area contributed by atoms with E-state index in [1.807, 2.05) is 19.1 Å². The van der Waals surface area contributed by atoms with Gasteiger partial charge in [-0.3, -0.25) is 14.7 Å². The molecule has 0 spiro atoms. The molecule has 1 fully saturated rings. The molecule has 2 aromatic rings. The second kappa shape index (κ2) is 8.46. The summed E-state index contributed by atoms with van der Waals surface area (Å²) >= 11 is 6.33. The lowest BCUT2D eigenvalue weighted by atomic mass is 9.96. The molecular formula is C21H25ClFN3O. The first-order chi connectivity index (χ1) is 12.8. The van der Waals surface area contributed by atoms with Crippen molar-refractivity contribution in [2.75, 3.05) is 19.6 Å². The molecule has 2 heterocycles. The molecule has 0 radical (unpaired) electrons. The fraction of sp³-hybridized carbons (Fsp3) is 0.429. The Labute approximate surface area is 164 Å². The van der Waals surface area contributed by atoms with Crippen LogP contribution >= 0.6 is 11.6 Å². The number of carbonyl (C=O) groups is 1. The van der Waals surface area contributed by atoms with Gasteiger partial charge in [-0.1, -0.05) is 11.6 Å². The quantitative estimate of drug-likeness (QED) is 0.792. The van der Waals surface area contributed by atoms with Crippen LogP contribution in [0.3, 0.4) is 0 Å². The molecule has 1 N–H and O–H groups in total. The lowest BCUT2D eigenvalue weighted by Gasteiger charge is -2.32. The number of ketones is 1. The van der Waals surface area contributed by atoms with Gasteiger partial charge in [-0.05, 0) is 55.7 Å². The zero-order chi connectivity index (χ0) is 19.6. The van der Waals surface area contributed by atoms with Crippen LogP contribution in [0.5, 0.6) is 0 Å². The van der Waals surface area contributed by atoms with Gasteiger partial charge in [0.1, 0.15) is 5.82 Å². The molecule has 144 valence electrons. The highest BCUT2D eigenvalue weighted by Crippen LogP contribution is 2.24. The number of hydrogen-bond acceptors (Lipinski definition) is 4. The highest BCUT2D eigenvalue weighted by molar-refractivity contribution is 6.30. The Morgan fingerprint density at radius 2 is 2.07 bits per heavy atom. The van der Waals surface area contributed by atoms with Crippen molar-refractivity contribution in [1.29, 1.82) is 0 Å². The number of hydrogen-bond donors (Lipinski definition) is 1. The van der Waals surface area contributed by atoms with Crippen LogP contribution in [-0.4, -0.2) is 41.3 Å². The Morgan fingerprint density at radius 1 is 1.33 bits per heavy atom. The van der Waals surface area contributed by atoms with Crippen molar-refractivity contribution in [3.63, 3.8) is 0 Å². The maximum Gasteiger partial charge on any atom is 0.168 e. The van der Waals surface area contributed by atoms with Gasteiger partial charge in [0.15, 0.2) is 5.78 Å². The molecular weight excluding hydrogens is 365 g/mol. The van der Waals surface area contributed by atoms with E-state index in [9.17, 15) is 9.18 Å².